The van der Waals surface area contributed by atoms with E-state index in [0.29, 0.717) is 27.4 Å². The maximum atomic E-state index is 11.5. The van der Waals surface area contributed by atoms with Gasteiger partial charge in [-0.15, -0.1) is 10.2 Å². The van der Waals surface area contributed by atoms with Crippen molar-refractivity contribution in [2.75, 3.05) is 10.6 Å². The molecule has 1 aromatic heterocycles. The van der Waals surface area contributed by atoms with E-state index in [1.807, 2.05) is 13.8 Å². The molecule has 1 aromatic carbocycles. The van der Waals surface area contributed by atoms with Gasteiger partial charge in [0.1, 0.15) is 0 Å². The number of halogens is 2. The number of aromatic nitrogens is 2. The largest absolute Gasteiger partial charge is 0.338 e. The molecule has 0 aliphatic heterocycles. The SMILES string of the molecule is CC(C)NC(=O)Nc1ccc(Nc2ccc(Cl)cc2Cl)nn1. The van der Waals surface area contributed by atoms with Gasteiger partial charge in [0, 0.05) is 11.1 Å². The lowest BCUT2D eigenvalue weighted by Crippen LogP contribution is -2.34. The van der Waals surface area contributed by atoms with Gasteiger partial charge < -0.3 is 10.6 Å². The highest BCUT2D eigenvalue weighted by atomic mass is 35.5. The number of carbonyl (C=O) groups is 1. The van der Waals surface area contributed by atoms with Gasteiger partial charge in [-0.05, 0) is 44.2 Å². The number of carbonyl (C=O) groups excluding carboxylic acids is 1. The third-order valence-electron chi connectivity index (χ3n) is 2.52. The van der Waals surface area contributed by atoms with Gasteiger partial charge in [0.15, 0.2) is 11.6 Å². The second-order valence-corrected chi connectivity index (χ2v) is 5.65. The first-order chi connectivity index (χ1) is 10.4. The van der Waals surface area contributed by atoms with Crippen LogP contribution in [0.25, 0.3) is 0 Å². The van der Waals surface area contributed by atoms with E-state index in [4.69, 9.17) is 23.2 Å². The Morgan fingerprint density at radius 1 is 1.09 bits per heavy atom. The molecule has 22 heavy (non-hydrogen) atoms. The van der Waals surface area contributed by atoms with Gasteiger partial charge in [-0.3, -0.25) is 5.32 Å². The van der Waals surface area contributed by atoms with E-state index in [1.165, 1.54) is 0 Å². The first-order valence-electron chi connectivity index (χ1n) is 6.57. The van der Waals surface area contributed by atoms with Crippen LogP contribution in [0.5, 0.6) is 0 Å². The van der Waals surface area contributed by atoms with Crippen molar-refractivity contribution in [1.29, 1.82) is 0 Å². The lowest BCUT2D eigenvalue weighted by atomic mass is 10.3. The summed E-state index contributed by atoms with van der Waals surface area (Å²) in [7, 11) is 0. The van der Waals surface area contributed by atoms with Gasteiger partial charge in [-0.2, -0.15) is 0 Å². The van der Waals surface area contributed by atoms with Crippen LogP contribution in [-0.4, -0.2) is 22.3 Å². The Kier molecular flexibility index (Phi) is 5.41. The Balaban J connectivity index is 2.01. The number of urea groups is 1. The molecule has 0 radical (unpaired) electrons. The Bertz CT molecular complexity index is 661. The summed E-state index contributed by atoms with van der Waals surface area (Å²) in [5.74, 6) is 0.852. The van der Waals surface area contributed by atoms with Gasteiger partial charge in [-0.1, -0.05) is 23.2 Å². The maximum absolute atomic E-state index is 11.5. The molecule has 0 aliphatic carbocycles. The van der Waals surface area contributed by atoms with E-state index in [1.54, 1.807) is 30.3 Å². The van der Waals surface area contributed by atoms with E-state index in [9.17, 15) is 4.79 Å². The summed E-state index contributed by atoms with van der Waals surface area (Å²) in [6, 6.07) is 8.13. The molecule has 6 nitrogen and oxygen atoms in total. The predicted molar refractivity (Wildman–Crippen MR) is 89.1 cm³/mol. The molecule has 116 valence electrons. The summed E-state index contributed by atoms with van der Waals surface area (Å²) in [5, 5.41) is 17.2. The first kappa shape index (κ1) is 16.3. The Hall–Kier alpha value is -2.05. The van der Waals surface area contributed by atoms with Crippen molar-refractivity contribution in [2.45, 2.75) is 19.9 Å². The highest BCUT2D eigenvalue weighted by molar-refractivity contribution is 6.36. The van der Waals surface area contributed by atoms with Crippen molar-refractivity contribution < 1.29 is 4.79 Å². The number of anilines is 3. The molecule has 3 N–H and O–H groups in total. The molecule has 2 aromatic rings. The van der Waals surface area contributed by atoms with E-state index < -0.39 is 0 Å². The van der Waals surface area contributed by atoms with Gasteiger partial charge >= 0.3 is 6.03 Å². The van der Waals surface area contributed by atoms with Crippen molar-refractivity contribution in [2.24, 2.45) is 0 Å². The normalized spacial score (nSPS) is 10.4. The minimum Gasteiger partial charge on any atom is -0.338 e. The summed E-state index contributed by atoms with van der Waals surface area (Å²) >= 11 is 11.9. The van der Waals surface area contributed by atoms with Crippen LogP contribution in [-0.2, 0) is 0 Å². The van der Waals surface area contributed by atoms with E-state index in [2.05, 4.69) is 26.1 Å². The molecule has 8 heteroatoms. The standard InChI is InChI=1S/C14H15Cl2N5O/c1-8(2)17-14(22)19-13-6-5-12(20-21-13)18-11-4-3-9(15)7-10(11)16/h3-8H,1-2H3,(H,18,20)(H2,17,19,21,22). The lowest BCUT2D eigenvalue weighted by Gasteiger charge is -2.10. The number of rotatable bonds is 4. The van der Waals surface area contributed by atoms with Crippen LogP contribution in [0.4, 0.5) is 22.1 Å². The predicted octanol–water partition coefficient (Wildman–Crippen LogP) is 4.06. The third kappa shape index (κ3) is 4.75. The summed E-state index contributed by atoms with van der Waals surface area (Å²) < 4.78 is 0. The van der Waals surface area contributed by atoms with Crippen LogP contribution < -0.4 is 16.0 Å². The molecule has 0 unspecified atom stereocenters. The van der Waals surface area contributed by atoms with Gasteiger partial charge in [-0.25, -0.2) is 4.79 Å². The van der Waals surface area contributed by atoms with Crippen molar-refractivity contribution in [1.82, 2.24) is 15.5 Å². The van der Waals surface area contributed by atoms with E-state index >= 15 is 0 Å². The minimum atomic E-state index is -0.328. The molecule has 0 atom stereocenters. The number of nitrogens with one attached hydrogen (secondary N) is 3. The summed E-state index contributed by atoms with van der Waals surface area (Å²) in [4.78, 5) is 11.5. The number of nitrogens with zero attached hydrogens (tertiary/aromatic N) is 2. The zero-order chi connectivity index (χ0) is 16.1. The van der Waals surface area contributed by atoms with Crippen LogP contribution in [0.15, 0.2) is 30.3 Å². The number of hydrogen-bond acceptors (Lipinski definition) is 4. The fraction of sp³-hybridized carbons (Fsp3) is 0.214. The Labute approximate surface area is 138 Å². The van der Waals surface area contributed by atoms with Gasteiger partial charge in [0.25, 0.3) is 0 Å². The molecule has 0 fully saturated rings. The molecular weight excluding hydrogens is 325 g/mol. The van der Waals surface area contributed by atoms with Crippen LogP contribution in [0.1, 0.15) is 13.8 Å². The molecule has 0 spiro atoms. The fourth-order valence-electron chi connectivity index (χ4n) is 1.61. The molecule has 1 heterocycles. The van der Waals surface area contributed by atoms with Crippen molar-refractivity contribution in [3.63, 3.8) is 0 Å². The minimum absolute atomic E-state index is 0.0425. The monoisotopic (exact) mass is 339 g/mol. The zero-order valence-corrected chi connectivity index (χ0v) is 13.5. The van der Waals surface area contributed by atoms with Crippen molar-refractivity contribution in [3.8, 4) is 0 Å². The average Bonchev–Trinajstić information content (AvgIpc) is 2.43. The lowest BCUT2D eigenvalue weighted by molar-refractivity contribution is 0.250. The maximum Gasteiger partial charge on any atom is 0.320 e. The van der Waals surface area contributed by atoms with E-state index in [-0.39, 0.29) is 12.1 Å². The molecular formula is C14H15Cl2N5O. The second-order valence-electron chi connectivity index (χ2n) is 4.81. The Morgan fingerprint density at radius 2 is 1.77 bits per heavy atom. The highest BCUT2D eigenvalue weighted by Gasteiger charge is 2.06. The van der Waals surface area contributed by atoms with Crippen LogP contribution in [0.2, 0.25) is 10.0 Å². The molecule has 0 bridgehead atoms. The molecule has 2 rings (SSSR count). The zero-order valence-electron chi connectivity index (χ0n) is 12.0. The van der Waals surface area contributed by atoms with Gasteiger partial charge in [0.2, 0.25) is 0 Å². The number of amides is 2. The van der Waals surface area contributed by atoms with Crippen LogP contribution in [0, 0.1) is 0 Å². The van der Waals surface area contributed by atoms with Crippen LogP contribution >= 0.6 is 23.2 Å². The average molecular weight is 340 g/mol. The number of benzene rings is 1. The summed E-state index contributed by atoms with van der Waals surface area (Å²) in [6.45, 7) is 3.74. The third-order valence-corrected chi connectivity index (χ3v) is 3.07. The van der Waals surface area contributed by atoms with Crippen molar-refractivity contribution >= 4 is 46.6 Å². The molecule has 0 saturated carbocycles. The number of hydrogen-bond donors (Lipinski definition) is 3. The summed E-state index contributed by atoms with van der Waals surface area (Å²) in [6.07, 6.45) is 0. The Morgan fingerprint density at radius 3 is 2.36 bits per heavy atom. The van der Waals surface area contributed by atoms with E-state index in [0.717, 1.165) is 0 Å². The second kappa shape index (κ2) is 7.29. The molecule has 0 saturated heterocycles. The van der Waals surface area contributed by atoms with Crippen LogP contribution in [0.3, 0.4) is 0 Å². The topological polar surface area (TPSA) is 78.9 Å². The van der Waals surface area contributed by atoms with Gasteiger partial charge in [0.05, 0.1) is 10.7 Å². The smallest absolute Gasteiger partial charge is 0.320 e. The summed E-state index contributed by atoms with van der Waals surface area (Å²) in [5.41, 5.74) is 0.665. The first-order valence-corrected chi connectivity index (χ1v) is 7.33. The fourth-order valence-corrected chi connectivity index (χ4v) is 2.06. The quantitative estimate of drug-likeness (QED) is 0.784. The van der Waals surface area contributed by atoms with Crippen molar-refractivity contribution in [3.05, 3.63) is 40.4 Å². The molecule has 0 aliphatic rings. The highest BCUT2D eigenvalue weighted by Crippen LogP contribution is 2.27. The molecule has 2 amide bonds.